The molecule has 3 heteroatoms. The molecule has 1 aromatic carbocycles. The summed E-state index contributed by atoms with van der Waals surface area (Å²) in [5.41, 5.74) is 4.02. The third-order valence-electron chi connectivity index (χ3n) is 7.94. The number of nitrogens with zero attached hydrogens (tertiary/aromatic N) is 2. The van der Waals surface area contributed by atoms with Crippen molar-refractivity contribution in [1.29, 1.82) is 0 Å². The van der Waals surface area contributed by atoms with E-state index in [1.165, 1.54) is 62.7 Å². The molecule has 2 fully saturated rings. The number of piperidine rings is 1. The summed E-state index contributed by atoms with van der Waals surface area (Å²) in [6.45, 7) is 7.25. The van der Waals surface area contributed by atoms with Crippen LogP contribution in [-0.2, 0) is 0 Å². The monoisotopic (exact) mass is 378 g/mol. The molecule has 2 heterocycles. The molecule has 5 atom stereocenters. The second kappa shape index (κ2) is 7.33. The van der Waals surface area contributed by atoms with E-state index in [2.05, 4.69) is 36.9 Å². The van der Waals surface area contributed by atoms with Gasteiger partial charge < -0.3 is 9.64 Å². The molecule has 0 N–H and O–H groups in total. The smallest absolute Gasteiger partial charge is 0.145 e. The van der Waals surface area contributed by atoms with Gasteiger partial charge in [0.25, 0.3) is 0 Å². The fraction of sp³-hybridized carbons (Fsp3) is 0.640. The largest absolute Gasteiger partial charge is 0.494 e. The number of hydrogen-bond donors (Lipinski definition) is 0. The van der Waals surface area contributed by atoms with Gasteiger partial charge in [-0.25, -0.2) is 4.98 Å². The second-order valence-corrected chi connectivity index (χ2v) is 9.18. The molecule has 0 radical (unpaired) electrons. The summed E-state index contributed by atoms with van der Waals surface area (Å²) in [6, 6.07) is 9.63. The zero-order valence-electron chi connectivity index (χ0n) is 17.7. The molecule has 5 rings (SSSR count). The molecular weight excluding hydrogens is 344 g/mol. The molecule has 0 bridgehead atoms. The minimum Gasteiger partial charge on any atom is -0.494 e. The number of hydrogen-bond acceptors (Lipinski definition) is 3. The number of aromatic nitrogens is 1. The van der Waals surface area contributed by atoms with Crippen LogP contribution in [0.1, 0.15) is 75.5 Å². The van der Waals surface area contributed by atoms with Crippen LogP contribution in [0.3, 0.4) is 0 Å². The molecule has 0 spiro atoms. The van der Waals surface area contributed by atoms with Crippen LogP contribution < -0.4 is 4.74 Å². The fourth-order valence-electron chi connectivity index (χ4n) is 6.95. The van der Waals surface area contributed by atoms with Gasteiger partial charge in [-0.2, -0.15) is 0 Å². The number of benzene rings is 1. The second-order valence-electron chi connectivity index (χ2n) is 9.18. The molecular formula is C25H34N2O. The highest BCUT2D eigenvalue weighted by Gasteiger charge is 2.51. The minimum absolute atomic E-state index is 0.606. The average molecular weight is 379 g/mol. The van der Waals surface area contributed by atoms with Crippen molar-refractivity contribution in [1.82, 2.24) is 9.88 Å². The van der Waals surface area contributed by atoms with Gasteiger partial charge in [-0.15, -0.1) is 0 Å². The molecule has 1 aromatic heterocycles. The van der Waals surface area contributed by atoms with Crippen LogP contribution in [0, 0.1) is 11.8 Å². The highest BCUT2D eigenvalue weighted by Crippen LogP contribution is 2.57. The predicted octanol–water partition coefficient (Wildman–Crippen LogP) is 5.73. The number of likely N-dealkylation sites (tertiary alicyclic amines) is 1. The van der Waals surface area contributed by atoms with Gasteiger partial charge in [0.05, 0.1) is 7.11 Å². The first-order valence-electron chi connectivity index (χ1n) is 11.5. The molecule has 3 nitrogen and oxygen atoms in total. The van der Waals surface area contributed by atoms with Gasteiger partial charge in [-0.05, 0) is 80.6 Å². The summed E-state index contributed by atoms with van der Waals surface area (Å²) in [6.07, 6.45) is 7.96. The highest BCUT2D eigenvalue weighted by molar-refractivity contribution is 5.85. The molecule has 1 saturated heterocycles. The van der Waals surface area contributed by atoms with E-state index >= 15 is 0 Å². The van der Waals surface area contributed by atoms with E-state index in [0.29, 0.717) is 11.8 Å². The van der Waals surface area contributed by atoms with Gasteiger partial charge in [0.2, 0.25) is 0 Å². The van der Waals surface area contributed by atoms with E-state index in [-0.39, 0.29) is 0 Å². The van der Waals surface area contributed by atoms with Crippen LogP contribution in [0.4, 0.5) is 0 Å². The molecule has 28 heavy (non-hydrogen) atoms. The Bertz CT molecular complexity index is 863. The summed E-state index contributed by atoms with van der Waals surface area (Å²) < 4.78 is 5.65. The SMILES string of the molecule is CCCN1CC[C@@H]2c3cc4cccc(OC)c4nc3[C@@H](CC)[C@@H]3CCC[C@H]1[C@H]32. The number of rotatable bonds is 4. The van der Waals surface area contributed by atoms with Crippen LogP contribution in [0.2, 0.25) is 0 Å². The Labute approximate surface area is 169 Å². The van der Waals surface area contributed by atoms with E-state index in [9.17, 15) is 0 Å². The Morgan fingerprint density at radius 1 is 1.18 bits per heavy atom. The molecule has 2 aliphatic carbocycles. The first-order chi connectivity index (χ1) is 13.8. The van der Waals surface area contributed by atoms with Gasteiger partial charge in [-0.3, -0.25) is 0 Å². The summed E-state index contributed by atoms with van der Waals surface area (Å²) >= 11 is 0. The standard InChI is InChI=1S/C25H34N2O/c1-4-13-27-14-12-19-20-15-16-8-6-11-22(28-3)24(16)26-25(20)17(5-2)18-9-7-10-21(27)23(18)19/h6,8,11,15,17-19,21,23H,4-5,7,9-10,12-14H2,1-3H3/t17-,18-,19+,21-,23+/m0/s1. The predicted molar refractivity (Wildman–Crippen MR) is 115 cm³/mol. The molecule has 0 amide bonds. The normalized spacial score (nSPS) is 32.0. The molecule has 3 aliphatic rings. The number of para-hydroxylation sites is 1. The van der Waals surface area contributed by atoms with Crippen molar-refractivity contribution in [3.05, 3.63) is 35.5 Å². The van der Waals surface area contributed by atoms with Crippen LogP contribution >= 0.6 is 0 Å². The van der Waals surface area contributed by atoms with Crippen molar-refractivity contribution < 1.29 is 4.74 Å². The number of ether oxygens (including phenoxy) is 1. The maximum Gasteiger partial charge on any atom is 0.145 e. The molecule has 1 aliphatic heterocycles. The van der Waals surface area contributed by atoms with Crippen molar-refractivity contribution in [3.8, 4) is 5.75 Å². The van der Waals surface area contributed by atoms with Gasteiger partial charge in [0, 0.05) is 23.0 Å². The fourth-order valence-corrected chi connectivity index (χ4v) is 6.95. The molecule has 150 valence electrons. The average Bonchev–Trinajstić information content (AvgIpc) is 2.74. The summed E-state index contributed by atoms with van der Waals surface area (Å²) in [4.78, 5) is 8.13. The zero-order valence-corrected chi connectivity index (χ0v) is 17.7. The first kappa shape index (κ1) is 18.4. The summed E-state index contributed by atoms with van der Waals surface area (Å²) in [5, 5.41) is 1.25. The number of pyridine rings is 1. The van der Waals surface area contributed by atoms with Gasteiger partial charge >= 0.3 is 0 Å². The van der Waals surface area contributed by atoms with Crippen molar-refractivity contribution in [2.45, 2.75) is 70.3 Å². The summed E-state index contributed by atoms with van der Waals surface area (Å²) in [5.74, 6) is 3.85. The van der Waals surface area contributed by atoms with Crippen molar-refractivity contribution >= 4 is 10.9 Å². The van der Waals surface area contributed by atoms with Gasteiger partial charge in [0.15, 0.2) is 0 Å². The lowest BCUT2D eigenvalue weighted by atomic mass is 9.55. The lowest BCUT2D eigenvalue weighted by Crippen LogP contribution is -2.55. The van der Waals surface area contributed by atoms with E-state index in [1.807, 2.05) is 6.07 Å². The lowest BCUT2D eigenvalue weighted by Gasteiger charge is -2.56. The maximum absolute atomic E-state index is 5.65. The van der Waals surface area contributed by atoms with Crippen molar-refractivity contribution in [2.75, 3.05) is 20.2 Å². The first-order valence-corrected chi connectivity index (χ1v) is 11.5. The van der Waals surface area contributed by atoms with E-state index in [4.69, 9.17) is 9.72 Å². The molecule has 0 unspecified atom stereocenters. The Balaban J connectivity index is 1.66. The minimum atomic E-state index is 0.606. The number of methoxy groups -OCH3 is 1. The van der Waals surface area contributed by atoms with E-state index in [0.717, 1.165) is 29.1 Å². The number of fused-ring (bicyclic) bond motifs is 3. The van der Waals surface area contributed by atoms with Crippen LogP contribution in [0.15, 0.2) is 24.3 Å². The Hall–Kier alpha value is -1.61. The van der Waals surface area contributed by atoms with Gasteiger partial charge in [0.1, 0.15) is 11.3 Å². The quantitative estimate of drug-likeness (QED) is 0.679. The van der Waals surface area contributed by atoms with Crippen LogP contribution in [0.25, 0.3) is 10.9 Å². The van der Waals surface area contributed by atoms with Crippen LogP contribution in [0.5, 0.6) is 5.75 Å². The highest BCUT2D eigenvalue weighted by atomic mass is 16.5. The van der Waals surface area contributed by atoms with E-state index < -0.39 is 0 Å². The maximum atomic E-state index is 5.65. The van der Waals surface area contributed by atoms with E-state index in [1.54, 1.807) is 12.7 Å². The topological polar surface area (TPSA) is 25.4 Å². The van der Waals surface area contributed by atoms with Crippen molar-refractivity contribution in [2.24, 2.45) is 11.8 Å². The third kappa shape index (κ3) is 2.69. The molecule has 2 aromatic rings. The third-order valence-corrected chi connectivity index (χ3v) is 7.94. The summed E-state index contributed by atoms with van der Waals surface area (Å²) in [7, 11) is 1.76. The lowest BCUT2D eigenvalue weighted by molar-refractivity contribution is -0.00814. The van der Waals surface area contributed by atoms with Crippen LogP contribution in [-0.4, -0.2) is 36.1 Å². The Kier molecular flexibility index (Phi) is 4.82. The van der Waals surface area contributed by atoms with Crippen molar-refractivity contribution in [3.63, 3.8) is 0 Å². The Morgan fingerprint density at radius 2 is 2.07 bits per heavy atom. The zero-order chi connectivity index (χ0) is 19.3. The molecule has 1 saturated carbocycles. The van der Waals surface area contributed by atoms with Gasteiger partial charge in [-0.1, -0.05) is 32.4 Å². The Morgan fingerprint density at radius 3 is 2.86 bits per heavy atom.